The van der Waals surface area contributed by atoms with Gasteiger partial charge in [-0.1, -0.05) is 32.4 Å². The number of rotatable bonds is 7. The van der Waals surface area contributed by atoms with Gasteiger partial charge in [-0.05, 0) is 38.5 Å². The van der Waals surface area contributed by atoms with E-state index in [1.54, 1.807) is 6.92 Å². The van der Waals surface area contributed by atoms with Crippen molar-refractivity contribution in [3.05, 3.63) is 34.3 Å². The monoisotopic (exact) mass is 332 g/mol. The summed E-state index contributed by atoms with van der Waals surface area (Å²) >= 11 is 0. The fourth-order valence-corrected chi connectivity index (χ4v) is 3.53. The third-order valence-electron chi connectivity index (χ3n) is 5.51. The van der Waals surface area contributed by atoms with Gasteiger partial charge in [-0.3, -0.25) is 9.59 Å². The van der Waals surface area contributed by atoms with Gasteiger partial charge in [0.1, 0.15) is 0 Å². The number of Topliss-reactive ketones (excluding diaryl/α,β-unsaturated/α-hetero) is 2. The Morgan fingerprint density at radius 2 is 1.71 bits per heavy atom. The molecule has 1 saturated carbocycles. The molecule has 2 rings (SSSR count). The third kappa shape index (κ3) is 3.06. The summed E-state index contributed by atoms with van der Waals surface area (Å²) in [4.78, 5) is 25.6. The Morgan fingerprint density at radius 3 is 2.17 bits per heavy atom. The quantitative estimate of drug-likeness (QED) is 0.520. The summed E-state index contributed by atoms with van der Waals surface area (Å²) in [7, 11) is 2.79. The Morgan fingerprint density at radius 1 is 1.12 bits per heavy atom. The van der Waals surface area contributed by atoms with Crippen molar-refractivity contribution >= 4 is 11.6 Å². The molecule has 0 aromatic carbocycles. The zero-order chi connectivity index (χ0) is 18.1. The average Bonchev–Trinajstić information content (AvgIpc) is 3.34. The average molecular weight is 332 g/mol. The molecule has 0 aliphatic heterocycles. The van der Waals surface area contributed by atoms with Gasteiger partial charge in [-0.2, -0.15) is 0 Å². The number of methoxy groups -OCH3 is 2. The highest BCUT2D eigenvalue weighted by atomic mass is 16.5. The molecule has 132 valence electrons. The van der Waals surface area contributed by atoms with Gasteiger partial charge in [0.25, 0.3) is 0 Å². The molecule has 0 amide bonds. The maximum Gasteiger partial charge on any atom is 0.228 e. The summed E-state index contributed by atoms with van der Waals surface area (Å²) in [5.74, 6) is 0.257. The Hall–Kier alpha value is -1.84. The molecule has 0 aromatic heterocycles. The molecule has 0 radical (unpaired) electrons. The number of carbonyl (C=O) groups excluding carboxylic acids is 2. The lowest BCUT2D eigenvalue weighted by Crippen LogP contribution is -2.33. The smallest absolute Gasteiger partial charge is 0.228 e. The van der Waals surface area contributed by atoms with Crippen LogP contribution >= 0.6 is 0 Å². The first-order chi connectivity index (χ1) is 11.3. The van der Waals surface area contributed by atoms with Crippen LogP contribution in [0.5, 0.6) is 0 Å². The summed E-state index contributed by atoms with van der Waals surface area (Å²) in [6.07, 6.45) is 6.14. The van der Waals surface area contributed by atoms with Gasteiger partial charge in [-0.25, -0.2) is 0 Å². The molecule has 2 unspecified atom stereocenters. The maximum atomic E-state index is 13.0. The molecule has 0 bridgehead atoms. The van der Waals surface area contributed by atoms with E-state index in [9.17, 15) is 9.59 Å². The van der Waals surface area contributed by atoms with E-state index >= 15 is 0 Å². The minimum Gasteiger partial charge on any atom is -0.489 e. The number of hydrogen-bond donors (Lipinski definition) is 0. The minimum absolute atomic E-state index is 0.00815. The molecular formula is C20H28O4. The molecule has 0 spiro atoms. The summed E-state index contributed by atoms with van der Waals surface area (Å²) in [5.41, 5.74) is 2.14. The van der Waals surface area contributed by atoms with Gasteiger partial charge in [0.05, 0.1) is 14.2 Å². The van der Waals surface area contributed by atoms with Gasteiger partial charge >= 0.3 is 0 Å². The van der Waals surface area contributed by atoms with Crippen molar-refractivity contribution in [2.45, 2.75) is 53.4 Å². The van der Waals surface area contributed by atoms with Crippen molar-refractivity contribution in [1.82, 2.24) is 0 Å². The van der Waals surface area contributed by atoms with E-state index in [1.165, 1.54) is 26.2 Å². The van der Waals surface area contributed by atoms with Crippen LogP contribution in [0.1, 0.15) is 53.4 Å². The molecule has 1 fully saturated rings. The van der Waals surface area contributed by atoms with E-state index in [0.717, 1.165) is 19.3 Å². The molecule has 4 heteroatoms. The molecular weight excluding hydrogens is 304 g/mol. The van der Waals surface area contributed by atoms with Crippen LogP contribution in [0.4, 0.5) is 0 Å². The maximum absolute atomic E-state index is 13.0. The second-order valence-corrected chi connectivity index (χ2v) is 6.93. The van der Waals surface area contributed by atoms with Crippen LogP contribution in [0, 0.1) is 11.3 Å². The fraction of sp³-hybridized carbons (Fsp3) is 0.600. The first kappa shape index (κ1) is 18.5. The Kier molecular flexibility index (Phi) is 5.36. The molecule has 2 aliphatic rings. The standard InChI is InChI=1S/C20H28O4/c1-7-13-11-14(13)9-10-20(4,8-2)15-12(3)16(21)18(23-5)19(24-6)17(15)22/h9,13H,7-8,10-11H2,1-6H3/b14-9+. The van der Waals surface area contributed by atoms with Gasteiger partial charge in [0.15, 0.2) is 0 Å². The predicted molar refractivity (Wildman–Crippen MR) is 93.3 cm³/mol. The number of ether oxygens (including phenoxy) is 2. The largest absolute Gasteiger partial charge is 0.489 e. The number of ketones is 2. The molecule has 0 N–H and O–H groups in total. The Balaban J connectivity index is 2.40. The fourth-order valence-electron chi connectivity index (χ4n) is 3.53. The normalized spacial score (nSPS) is 25.2. The minimum atomic E-state index is -0.381. The van der Waals surface area contributed by atoms with Gasteiger partial charge in [-0.15, -0.1) is 0 Å². The van der Waals surface area contributed by atoms with Crippen molar-refractivity contribution < 1.29 is 19.1 Å². The Labute approximate surface area is 144 Å². The van der Waals surface area contributed by atoms with Crippen molar-refractivity contribution in [3.63, 3.8) is 0 Å². The zero-order valence-electron chi connectivity index (χ0n) is 15.6. The molecule has 24 heavy (non-hydrogen) atoms. The Bertz CT molecular complexity index is 651. The van der Waals surface area contributed by atoms with Crippen LogP contribution in [0.2, 0.25) is 0 Å². The number of allylic oxidation sites excluding steroid dienone is 4. The summed E-state index contributed by atoms with van der Waals surface area (Å²) in [6, 6.07) is 0. The molecule has 2 aliphatic carbocycles. The van der Waals surface area contributed by atoms with E-state index in [2.05, 4.69) is 26.8 Å². The molecule has 0 saturated heterocycles. The highest BCUT2D eigenvalue weighted by molar-refractivity contribution is 6.23. The first-order valence-corrected chi connectivity index (χ1v) is 8.66. The van der Waals surface area contributed by atoms with E-state index in [1.807, 2.05) is 0 Å². The lowest BCUT2D eigenvalue weighted by atomic mass is 9.70. The van der Waals surface area contributed by atoms with Crippen LogP contribution in [0.15, 0.2) is 34.3 Å². The molecule has 4 nitrogen and oxygen atoms in total. The van der Waals surface area contributed by atoms with Crippen molar-refractivity contribution in [2.75, 3.05) is 14.2 Å². The van der Waals surface area contributed by atoms with Crippen LogP contribution in [-0.4, -0.2) is 25.8 Å². The summed E-state index contributed by atoms with van der Waals surface area (Å²) in [6.45, 7) is 8.03. The van der Waals surface area contributed by atoms with E-state index in [0.29, 0.717) is 17.1 Å². The summed E-state index contributed by atoms with van der Waals surface area (Å²) < 4.78 is 10.3. The second kappa shape index (κ2) is 6.96. The van der Waals surface area contributed by atoms with E-state index in [-0.39, 0.29) is 28.5 Å². The zero-order valence-corrected chi connectivity index (χ0v) is 15.6. The van der Waals surface area contributed by atoms with Crippen LogP contribution in [-0.2, 0) is 19.1 Å². The lowest BCUT2D eigenvalue weighted by molar-refractivity contribution is -0.122. The van der Waals surface area contributed by atoms with Crippen molar-refractivity contribution in [3.8, 4) is 0 Å². The van der Waals surface area contributed by atoms with Gasteiger partial charge < -0.3 is 9.47 Å². The topological polar surface area (TPSA) is 52.6 Å². The van der Waals surface area contributed by atoms with Gasteiger partial charge in [0.2, 0.25) is 23.1 Å². The molecule has 0 heterocycles. The highest BCUT2D eigenvalue weighted by Gasteiger charge is 2.42. The van der Waals surface area contributed by atoms with Crippen molar-refractivity contribution in [2.24, 2.45) is 11.3 Å². The number of carbonyl (C=O) groups is 2. The van der Waals surface area contributed by atoms with Crippen molar-refractivity contribution in [1.29, 1.82) is 0 Å². The number of hydrogen-bond acceptors (Lipinski definition) is 4. The SMILES string of the molecule is CCC1C/C1=C\CC(C)(CC)C1=C(C)C(=O)C(OC)=C(OC)C1=O. The second-order valence-electron chi connectivity index (χ2n) is 6.93. The molecule has 0 aromatic rings. The van der Waals surface area contributed by atoms with Crippen LogP contribution in [0.25, 0.3) is 0 Å². The van der Waals surface area contributed by atoms with Crippen LogP contribution in [0.3, 0.4) is 0 Å². The molecule has 2 atom stereocenters. The van der Waals surface area contributed by atoms with E-state index in [4.69, 9.17) is 9.47 Å². The van der Waals surface area contributed by atoms with Gasteiger partial charge in [0, 0.05) is 16.6 Å². The highest BCUT2D eigenvalue weighted by Crippen LogP contribution is 2.46. The third-order valence-corrected chi connectivity index (χ3v) is 5.51. The first-order valence-electron chi connectivity index (χ1n) is 8.66. The van der Waals surface area contributed by atoms with Crippen LogP contribution < -0.4 is 0 Å². The predicted octanol–water partition coefficient (Wildman–Crippen LogP) is 4.12. The lowest BCUT2D eigenvalue weighted by Gasteiger charge is -2.33. The van der Waals surface area contributed by atoms with E-state index < -0.39 is 0 Å². The summed E-state index contributed by atoms with van der Waals surface area (Å²) in [5, 5.41) is 0.